The molecule has 0 radical (unpaired) electrons. The minimum absolute atomic E-state index is 0.0188. The summed E-state index contributed by atoms with van der Waals surface area (Å²) in [5.74, 6) is 1.61. The number of rotatable bonds is 4. The third-order valence-corrected chi connectivity index (χ3v) is 3.86. The molecule has 1 unspecified atom stereocenters. The maximum atomic E-state index is 5.84. The molecule has 0 amide bonds. The van der Waals surface area contributed by atoms with Crippen molar-refractivity contribution in [3.05, 3.63) is 39.8 Å². The lowest BCUT2D eigenvalue weighted by atomic mass is 10.2. The summed E-state index contributed by atoms with van der Waals surface area (Å²) in [5.41, 5.74) is 0. The molecule has 6 heteroatoms. The van der Waals surface area contributed by atoms with Crippen LogP contribution in [0.1, 0.15) is 5.01 Å². The molecule has 0 saturated carbocycles. The molecule has 4 nitrogen and oxygen atoms in total. The summed E-state index contributed by atoms with van der Waals surface area (Å²) in [5, 5.41) is 4.27. The summed E-state index contributed by atoms with van der Waals surface area (Å²) < 4.78 is 12.2. The highest BCUT2D eigenvalue weighted by atomic mass is 35.5. The van der Waals surface area contributed by atoms with Gasteiger partial charge in [-0.25, -0.2) is 4.98 Å². The number of para-hydroxylation sites is 2. The van der Waals surface area contributed by atoms with Crippen LogP contribution in [0.15, 0.2) is 30.5 Å². The summed E-state index contributed by atoms with van der Waals surface area (Å²) in [6.45, 7) is 1.97. The van der Waals surface area contributed by atoms with Crippen molar-refractivity contribution < 1.29 is 9.47 Å². The third kappa shape index (κ3) is 3.18. The van der Waals surface area contributed by atoms with Gasteiger partial charge in [0.2, 0.25) is 0 Å². The molecule has 1 atom stereocenters. The molecule has 100 valence electrons. The standard InChI is InChI=1S/C13H13ClN2O2S/c14-12-6-16-13(19-12)7-15-5-9-8-17-10-3-1-2-4-11(10)18-9/h1-4,6,9,15H,5,7-8H2. The first kappa shape index (κ1) is 12.7. The molecule has 19 heavy (non-hydrogen) atoms. The van der Waals surface area contributed by atoms with Gasteiger partial charge in [-0.3, -0.25) is 0 Å². The minimum atomic E-state index is 0.0188. The highest BCUT2D eigenvalue weighted by Crippen LogP contribution is 2.30. The Bertz CT molecular complexity index is 561. The predicted molar refractivity (Wildman–Crippen MR) is 75.2 cm³/mol. The van der Waals surface area contributed by atoms with Crippen LogP contribution in [0.2, 0.25) is 4.34 Å². The zero-order valence-electron chi connectivity index (χ0n) is 10.1. The maximum absolute atomic E-state index is 5.84. The van der Waals surface area contributed by atoms with E-state index in [9.17, 15) is 0 Å². The number of thiazole rings is 1. The lowest BCUT2D eigenvalue weighted by Crippen LogP contribution is -2.38. The number of hydrogen-bond acceptors (Lipinski definition) is 5. The normalized spacial score (nSPS) is 17.4. The smallest absolute Gasteiger partial charge is 0.161 e. The molecule has 0 bridgehead atoms. The van der Waals surface area contributed by atoms with E-state index in [-0.39, 0.29) is 6.10 Å². The van der Waals surface area contributed by atoms with Gasteiger partial charge in [0, 0.05) is 13.1 Å². The Morgan fingerprint density at radius 3 is 3.00 bits per heavy atom. The van der Waals surface area contributed by atoms with Gasteiger partial charge in [0.05, 0.1) is 6.20 Å². The largest absolute Gasteiger partial charge is 0.486 e. The van der Waals surface area contributed by atoms with Crippen LogP contribution in [0.3, 0.4) is 0 Å². The summed E-state index contributed by atoms with van der Waals surface area (Å²) >= 11 is 7.31. The van der Waals surface area contributed by atoms with Gasteiger partial charge in [-0.2, -0.15) is 0 Å². The van der Waals surface area contributed by atoms with Crippen molar-refractivity contribution in [3.63, 3.8) is 0 Å². The summed E-state index contributed by atoms with van der Waals surface area (Å²) in [7, 11) is 0. The zero-order valence-corrected chi connectivity index (χ0v) is 11.7. The molecule has 1 aromatic carbocycles. The average molecular weight is 297 g/mol. The Labute approximate surface area is 120 Å². The van der Waals surface area contributed by atoms with Crippen LogP contribution < -0.4 is 14.8 Å². The highest BCUT2D eigenvalue weighted by Gasteiger charge is 2.19. The quantitative estimate of drug-likeness (QED) is 0.942. The molecule has 1 aliphatic rings. The molecule has 1 aromatic heterocycles. The van der Waals surface area contributed by atoms with Gasteiger partial charge in [-0.1, -0.05) is 23.7 Å². The average Bonchev–Trinajstić information content (AvgIpc) is 2.84. The first-order chi connectivity index (χ1) is 9.31. The van der Waals surface area contributed by atoms with Gasteiger partial charge in [-0.15, -0.1) is 11.3 Å². The molecular formula is C13H13ClN2O2S. The highest BCUT2D eigenvalue weighted by molar-refractivity contribution is 7.15. The molecule has 0 saturated heterocycles. The van der Waals surface area contributed by atoms with Crippen molar-refractivity contribution in [2.24, 2.45) is 0 Å². The van der Waals surface area contributed by atoms with Gasteiger partial charge in [-0.05, 0) is 12.1 Å². The number of aromatic nitrogens is 1. The van der Waals surface area contributed by atoms with E-state index in [1.165, 1.54) is 11.3 Å². The van der Waals surface area contributed by atoms with Gasteiger partial charge in [0.25, 0.3) is 0 Å². The van der Waals surface area contributed by atoms with Crippen molar-refractivity contribution in [1.82, 2.24) is 10.3 Å². The van der Waals surface area contributed by atoms with Crippen LogP contribution in [-0.2, 0) is 6.54 Å². The molecule has 0 fully saturated rings. The molecular weight excluding hydrogens is 284 g/mol. The van der Waals surface area contributed by atoms with Gasteiger partial charge >= 0.3 is 0 Å². The molecule has 2 aromatic rings. The lowest BCUT2D eigenvalue weighted by Gasteiger charge is -2.26. The van der Waals surface area contributed by atoms with E-state index in [0.29, 0.717) is 24.0 Å². The molecule has 2 heterocycles. The van der Waals surface area contributed by atoms with Gasteiger partial charge in [0.15, 0.2) is 11.5 Å². The molecule has 0 spiro atoms. The first-order valence-electron chi connectivity index (χ1n) is 6.00. The Kier molecular flexibility index (Phi) is 3.87. The number of nitrogens with one attached hydrogen (secondary N) is 1. The second-order valence-electron chi connectivity index (χ2n) is 4.19. The van der Waals surface area contributed by atoms with Crippen molar-refractivity contribution >= 4 is 22.9 Å². The van der Waals surface area contributed by atoms with E-state index in [4.69, 9.17) is 21.1 Å². The maximum Gasteiger partial charge on any atom is 0.161 e. The van der Waals surface area contributed by atoms with E-state index >= 15 is 0 Å². The fraction of sp³-hybridized carbons (Fsp3) is 0.308. The third-order valence-electron chi connectivity index (χ3n) is 2.74. The van der Waals surface area contributed by atoms with Crippen LogP contribution >= 0.6 is 22.9 Å². The second kappa shape index (κ2) is 5.77. The summed E-state index contributed by atoms with van der Waals surface area (Å²) in [6, 6.07) is 7.71. The number of benzene rings is 1. The van der Waals surface area contributed by atoms with Crippen LogP contribution in [-0.4, -0.2) is 24.2 Å². The topological polar surface area (TPSA) is 43.4 Å². The van der Waals surface area contributed by atoms with Crippen LogP contribution in [0, 0.1) is 0 Å². The van der Waals surface area contributed by atoms with Crippen molar-refractivity contribution in [2.45, 2.75) is 12.6 Å². The molecule has 0 aliphatic carbocycles. The Balaban J connectivity index is 1.50. The lowest BCUT2D eigenvalue weighted by molar-refractivity contribution is 0.0902. The van der Waals surface area contributed by atoms with Crippen LogP contribution in [0.25, 0.3) is 0 Å². The number of halogens is 1. The fourth-order valence-electron chi connectivity index (χ4n) is 1.87. The van der Waals surface area contributed by atoms with E-state index in [1.54, 1.807) is 6.20 Å². The van der Waals surface area contributed by atoms with Gasteiger partial charge in [0.1, 0.15) is 22.1 Å². The Morgan fingerprint density at radius 1 is 1.37 bits per heavy atom. The molecule has 1 aliphatic heterocycles. The Morgan fingerprint density at radius 2 is 2.21 bits per heavy atom. The predicted octanol–water partition coefficient (Wildman–Crippen LogP) is 2.73. The molecule has 1 N–H and O–H groups in total. The molecule has 3 rings (SSSR count). The zero-order chi connectivity index (χ0) is 13.1. The van der Waals surface area contributed by atoms with Crippen LogP contribution in [0.5, 0.6) is 11.5 Å². The van der Waals surface area contributed by atoms with E-state index < -0.39 is 0 Å². The number of nitrogens with zero attached hydrogens (tertiary/aromatic N) is 1. The fourth-order valence-corrected chi connectivity index (χ4v) is 2.80. The number of ether oxygens (including phenoxy) is 2. The number of fused-ring (bicyclic) bond motifs is 1. The van der Waals surface area contributed by atoms with E-state index in [1.807, 2.05) is 24.3 Å². The SMILES string of the molecule is Clc1cnc(CNCC2COc3ccccc3O2)s1. The monoisotopic (exact) mass is 296 g/mol. The van der Waals surface area contributed by atoms with Crippen LogP contribution in [0.4, 0.5) is 0 Å². The Hall–Kier alpha value is -1.30. The first-order valence-corrected chi connectivity index (χ1v) is 7.20. The van der Waals surface area contributed by atoms with E-state index in [2.05, 4.69) is 10.3 Å². The van der Waals surface area contributed by atoms with Crippen molar-refractivity contribution in [1.29, 1.82) is 0 Å². The number of hydrogen-bond donors (Lipinski definition) is 1. The minimum Gasteiger partial charge on any atom is -0.486 e. The summed E-state index contributed by atoms with van der Waals surface area (Å²) in [4.78, 5) is 4.19. The van der Waals surface area contributed by atoms with Gasteiger partial charge < -0.3 is 14.8 Å². The summed E-state index contributed by atoms with van der Waals surface area (Å²) in [6.07, 6.45) is 1.69. The second-order valence-corrected chi connectivity index (χ2v) is 5.93. The van der Waals surface area contributed by atoms with E-state index in [0.717, 1.165) is 16.5 Å². The van der Waals surface area contributed by atoms with Crippen molar-refractivity contribution in [2.75, 3.05) is 13.2 Å². The van der Waals surface area contributed by atoms with Crippen molar-refractivity contribution in [3.8, 4) is 11.5 Å².